The van der Waals surface area contributed by atoms with Gasteiger partial charge in [0.05, 0.1) is 23.6 Å². The molecular weight excluding hydrogens is 320 g/mol. The molecule has 0 N–H and O–H groups in total. The number of aryl methyl sites for hydroxylation is 1. The molecule has 1 aliphatic heterocycles. The SMILES string of the molecule is CN(C)Cc1cncc([C@H]2CCCN2C(=O)CCc2cccs2)n1. The van der Waals surface area contributed by atoms with Gasteiger partial charge >= 0.3 is 0 Å². The third kappa shape index (κ3) is 4.19. The molecule has 0 bridgehead atoms. The lowest BCUT2D eigenvalue weighted by Crippen LogP contribution is -2.31. The van der Waals surface area contributed by atoms with Crippen LogP contribution < -0.4 is 0 Å². The maximum atomic E-state index is 12.7. The fourth-order valence-electron chi connectivity index (χ4n) is 3.19. The lowest BCUT2D eigenvalue weighted by atomic mass is 10.1. The Labute approximate surface area is 147 Å². The van der Waals surface area contributed by atoms with E-state index in [1.807, 2.05) is 31.3 Å². The molecule has 6 heteroatoms. The number of carbonyl (C=O) groups excluding carboxylic acids is 1. The maximum Gasteiger partial charge on any atom is 0.223 e. The van der Waals surface area contributed by atoms with Crippen LogP contribution in [0.3, 0.4) is 0 Å². The quantitative estimate of drug-likeness (QED) is 0.808. The van der Waals surface area contributed by atoms with E-state index in [4.69, 9.17) is 4.98 Å². The number of hydrogen-bond donors (Lipinski definition) is 0. The minimum absolute atomic E-state index is 0.0791. The lowest BCUT2D eigenvalue weighted by Gasteiger charge is -2.24. The smallest absolute Gasteiger partial charge is 0.223 e. The van der Waals surface area contributed by atoms with Gasteiger partial charge in [-0.3, -0.25) is 14.8 Å². The molecule has 0 spiro atoms. The first-order valence-corrected chi connectivity index (χ1v) is 9.29. The zero-order valence-corrected chi connectivity index (χ0v) is 15.1. The van der Waals surface area contributed by atoms with Crippen LogP contribution in [0.1, 0.15) is 41.6 Å². The van der Waals surface area contributed by atoms with Crippen molar-refractivity contribution in [1.29, 1.82) is 0 Å². The van der Waals surface area contributed by atoms with Crippen LogP contribution in [0.25, 0.3) is 0 Å². The molecule has 1 amide bonds. The molecule has 0 aromatic carbocycles. The second-order valence-electron chi connectivity index (χ2n) is 6.50. The summed E-state index contributed by atoms with van der Waals surface area (Å²) in [7, 11) is 4.04. The summed E-state index contributed by atoms with van der Waals surface area (Å²) < 4.78 is 0. The number of carbonyl (C=O) groups is 1. The van der Waals surface area contributed by atoms with Crippen molar-refractivity contribution in [3.05, 3.63) is 46.2 Å². The average molecular weight is 344 g/mol. The molecular formula is C18H24N4OS. The summed E-state index contributed by atoms with van der Waals surface area (Å²) in [5.41, 5.74) is 1.88. The molecule has 24 heavy (non-hydrogen) atoms. The third-order valence-electron chi connectivity index (χ3n) is 4.26. The molecule has 128 valence electrons. The maximum absolute atomic E-state index is 12.7. The Balaban J connectivity index is 1.67. The fraction of sp³-hybridized carbons (Fsp3) is 0.500. The Hall–Kier alpha value is -1.79. The van der Waals surface area contributed by atoms with Gasteiger partial charge < -0.3 is 9.80 Å². The van der Waals surface area contributed by atoms with Crippen LogP contribution in [0.4, 0.5) is 0 Å². The lowest BCUT2D eigenvalue weighted by molar-refractivity contribution is -0.132. The number of amides is 1. The Morgan fingerprint density at radius 2 is 2.29 bits per heavy atom. The minimum Gasteiger partial charge on any atom is -0.334 e. The van der Waals surface area contributed by atoms with Crippen LogP contribution >= 0.6 is 11.3 Å². The van der Waals surface area contributed by atoms with E-state index in [0.717, 1.165) is 43.7 Å². The predicted molar refractivity (Wildman–Crippen MR) is 95.8 cm³/mol. The van der Waals surface area contributed by atoms with Gasteiger partial charge in [-0.15, -0.1) is 11.3 Å². The van der Waals surface area contributed by atoms with E-state index < -0.39 is 0 Å². The first-order chi connectivity index (χ1) is 11.6. The van der Waals surface area contributed by atoms with E-state index in [9.17, 15) is 4.79 Å². The highest BCUT2D eigenvalue weighted by atomic mass is 32.1. The summed E-state index contributed by atoms with van der Waals surface area (Å²) in [6.45, 7) is 1.59. The predicted octanol–water partition coefficient (Wildman–Crippen LogP) is 2.90. The number of aromatic nitrogens is 2. The number of rotatable bonds is 6. The summed E-state index contributed by atoms with van der Waals surface area (Å²) in [4.78, 5) is 27.1. The van der Waals surface area contributed by atoms with Crippen molar-refractivity contribution < 1.29 is 4.79 Å². The van der Waals surface area contributed by atoms with E-state index in [1.165, 1.54) is 4.88 Å². The minimum atomic E-state index is 0.0791. The highest BCUT2D eigenvalue weighted by molar-refractivity contribution is 7.09. The number of thiophene rings is 1. The summed E-state index contributed by atoms with van der Waals surface area (Å²) in [6, 6.07) is 4.21. The van der Waals surface area contributed by atoms with Crippen molar-refractivity contribution >= 4 is 17.2 Å². The summed E-state index contributed by atoms with van der Waals surface area (Å²) in [5.74, 6) is 0.228. The molecule has 5 nitrogen and oxygen atoms in total. The van der Waals surface area contributed by atoms with Crippen molar-refractivity contribution in [3.63, 3.8) is 0 Å². The molecule has 1 saturated heterocycles. The first kappa shape index (κ1) is 17.0. The van der Waals surface area contributed by atoms with Gasteiger partial charge in [-0.25, -0.2) is 0 Å². The topological polar surface area (TPSA) is 49.3 Å². The van der Waals surface area contributed by atoms with E-state index >= 15 is 0 Å². The Morgan fingerprint density at radius 1 is 1.42 bits per heavy atom. The van der Waals surface area contributed by atoms with Gasteiger partial charge in [0, 0.05) is 30.6 Å². The molecule has 3 rings (SSSR count). The van der Waals surface area contributed by atoms with Gasteiger partial charge in [-0.2, -0.15) is 0 Å². The molecule has 1 atom stereocenters. The van der Waals surface area contributed by atoms with Crippen molar-refractivity contribution in [2.45, 2.75) is 38.3 Å². The Bertz CT molecular complexity index is 671. The van der Waals surface area contributed by atoms with E-state index in [2.05, 4.69) is 21.3 Å². The van der Waals surface area contributed by atoms with E-state index in [-0.39, 0.29) is 11.9 Å². The zero-order chi connectivity index (χ0) is 16.9. The van der Waals surface area contributed by atoms with Crippen LogP contribution in [-0.4, -0.2) is 46.3 Å². The van der Waals surface area contributed by atoms with Crippen LogP contribution in [0.5, 0.6) is 0 Å². The Morgan fingerprint density at radius 3 is 3.04 bits per heavy atom. The third-order valence-corrected chi connectivity index (χ3v) is 5.20. The molecule has 0 aliphatic carbocycles. The number of likely N-dealkylation sites (tertiary alicyclic amines) is 1. The summed E-state index contributed by atoms with van der Waals surface area (Å²) in [6.07, 6.45) is 7.03. The number of nitrogens with zero attached hydrogens (tertiary/aromatic N) is 4. The first-order valence-electron chi connectivity index (χ1n) is 8.41. The largest absolute Gasteiger partial charge is 0.334 e. The van der Waals surface area contributed by atoms with Gasteiger partial charge in [0.25, 0.3) is 0 Å². The molecule has 0 saturated carbocycles. The number of hydrogen-bond acceptors (Lipinski definition) is 5. The zero-order valence-electron chi connectivity index (χ0n) is 14.3. The van der Waals surface area contributed by atoms with Crippen LogP contribution in [0, 0.1) is 0 Å². The van der Waals surface area contributed by atoms with Gasteiger partial charge in [-0.05, 0) is 44.8 Å². The van der Waals surface area contributed by atoms with Crippen molar-refractivity contribution in [3.8, 4) is 0 Å². The monoisotopic (exact) mass is 344 g/mol. The molecule has 2 aromatic rings. The van der Waals surface area contributed by atoms with Gasteiger partial charge in [0.1, 0.15) is 0 Å². The summed E-state index contributed by atoms with van der Waals surface area (Å²) >= 11 is 1.71. The highest BCUT2D eigenvalue weighted by Gasteiger charge is 2.30. The Kier molecular flexibility index (Phi) is 5.58. The van der Waals surface area contributed by atoms with Crippen LogP contribution in [0.2, 0.25) is 0 Å². The van der Waals surface area contributed by atoms with Gasteiger partial charge in [0.15, 0.2) is 0 Å². The molecule has 1 fully saturated rings. The fourth-order valence-corrected chi connectivity index (χ4v) is 3.89. The molecule has 1 aliphatic rings. The van der Waals surface area contributed by atoms with Gasteiger partial charge in [0.2, 0.25) is 5.91 Å². The van der Waals surface area contributed by atoms with Crippen LogP contribution in [-0.2, 0) is 17.8 Å². The highest BCUT2D eigenvalue weighted by Crippen LogP contribution is 2.31. The van der Waals surface area contributed by atoms with Crippen molar-refractivity contribution in [2.75, 3.05) is 20.6 Å². The molecule has 3 heterocycles. The normalized spacial score (nSPS) is 17.6. The van der Waals surface area contributed by atoms with Crippen molar-refractivity contribution in [2.24, 2.45) is 0 Å². The molecule has 2 aromatic heterocycles. The van der Waals surface area contributed by atoms with Crippen molar-refractivity contribution in [1.82, 2.24) is 19.8 Å². The second-order valence-corrected chi connectivity index (χ2v) is 7.53. The molecule has 0 unspecified atom stereocenters. The van der Waals surface area contributed by atoms with E-state index in [0.29, 0.717) is 6.42 Å². The van der Waals surface area contributed by atoms with Gasteiger partial charge in [-0.1, -0.05) is 6.07 Å². The summed E-state index contributed by atoms with van der Waals surface area (Å²) in [5, 5.41) is 2.06. The average Bonchev–Trinajstić information content (AvgIpc) is 3.23. The molecule has 0 radical (unpaired) electrons. The standard InChI is InChI=1S/C18H24N4OS/c1-21(2)13-14-11-19-12-16(20-14)17-6-3-9-22(17)18(23)8-7-15-5-4-10-24-15/h4-5,10-12,17H,3,6-9,13H2,1-2H3/t17-/m1/s1. The van der Waals surface area contributed by atoms with Crippen LogP contribution in [0.15, 0.2) is 29.9 Å². The van der Waals surface area contributed by atoms with E-state index in [1.54, 1.807) is 17.5 Å². The second kappa shape index (κ2) is 7.85.